The molecule has 1 amide bonds. The van der Waals surface area contributed by atoms with Gasteiger partial charge in [-0.25, -0.2) is 4.39 Å². The van der Waals surface area contributed by atoms with Crippen LogP contribution in [-0.4, -0.2) is 41.8 Å². The van der Waals surface area contributed by atoms with Gasteiger partial charge in [0.2, 0.25) is 5.91 Å². The summed E-state index contributed by atoms with van der Waals surface area (Å²) in [7, 11) is 0. The first-order chi connectivity index (χ1) is 18.5. The van der Waals surface area contributed by atoms with E-state index in [1.165, 1.54) is 19.3 Å². The molecule has 1 saturated heterocycles. The predicted molar refractivity (Wildman–Crippen MR) is 146 cm³/mol. The summed E-state index contributed by atoms with van der Waals surface area (Å²) in [4.78, 5) is 19.3. The molecule has 1 aromatic carbocycles. The Hall–Kier alpha value is -2.90. The maximum atomic E-state index is 14.9. The van der Waals surface area contributed by atoms with Crippen LogP contribution in [0.3, 0.4) is 0 Å². The molecule has 0 bridgehead atoms. The molecule has 1 atom stereocenters. The van der Waals surface area contributed by atoms with E-state index in [1.807, 2.05) is 19.9 Å². The fraction of sp³-hybridized carbons (Fsp3) is 0.633. The van der Waals surface area contributed by atoms with E-state index in [9.17, 15) is 9.18 Å². The first kappa shape index (κ1) is 26.7. The maximum absolute atomic E-state index is 14.9. The Morgan fingerprint density at radius 1 is 1.16 bits per heavy atom. The van der Waals surface area contributed by atoms with Gasteiger partial charge in [0.15, 0.2) is 17.4 Å². The lowest BCUT2D eigenvalue weighted by Crippen LogP contribution is -2.40. The monoisotopic (exact) mass is 524 g/mol. The number of benzene rings is 1. The molecule has 2 aliphatic carbocycles. The van der Waals surface area contributed by atoms with Crippen molar-refractivity contribution in [3.05, 3.63) is 41.5 Å². The molecule has 3 aliphatic rings. The van der Waals surface area contributed by atoms with E-state index in [2.05, 4.69) is 26.4 Å². The molecule has 1 aromatic heterocycles. The third kappa shape index (κ3) is 6.56. The number of hydrogen-bond donors (Lipinski definition) is 1. The molecule has 2 fully saturated rings. The molecule has 2 heterocycles. The number of carbonyl (C=O) groups is 1. The number of ether oxygens (including phenoxy) is 1. The smallest absolute Gasteiger partial charge is 0.324 e. The van der Waals surface area contributed by atoms with Crippen molar-refractivity contribution >= 4 is 17.5 Å². The van der Waals surface area contributed by atoms with Crippen LogP contribution in [0.5, 0.6) is 5.75 Å². The van der Waals surface area contributed by atoms with Gasteiger partial charge < -0.3 is 19.5 Å². The summed E-state index contributed by atoms with van der Waals surface area (Å²) < 4.78 is 26.2. The minimum absolute atomic E-state index is 0.0247. The van der Waals surface area contributed by atoms with Gasteiger partial charge in [0.25, 0.3) is 0 Å². The van der Waals surface area contributed by atoms with Crippen LogP contribution < -0.4 is 15.0 Å². The Morgan fingerprint density at radius 3 is 2.61 bits per heavy atom. The van der Waals surface area contributed by atoms with Crippen LogP contribution in [0.25, 0.3) is 5.57 Å². The first-order valence-corrected chi connectivity index (χ1v) is 14.5. The van der Waals surface area contributed by atoms with Gasteiger partial charge in [0.1, 0.15) is 0 Å². The molecular weight excluding hydrogens is 483 g/mol. The molecule has 1 N–H and O–H groups in total. The Kier molecular flexibility index (Phi) is 8.65. The van der Waals surface area contributed by atoms with E-state index in [-0.39, 0.29) is 23.6 Å². The second kappa shape index (κ2) is 12.3. The lowest BCUT2D eigenvalue weighted by molar-refractivity contribution is -0.126. The van der Waals surface area contributed by atoms with Crippen LogP contribution in [0.15, 0.2) is 28.8 Å². The van der Waals surface area contributed by atoms with Crippen molar-refractivity contribution in [2.75, 3.05) is 24.6 Å². The van der Waals surface area contributed by atoms with Crippen LogP contribution in [0.2, 0.25) is 0 Å². The number of aromatic nitrogens is 2. The van der Waals surface area contributed by atoms with E-state index >= 15 is 0 Å². The first-order valence-electron chi connectivity index (χ1n) is 14.5. The summed E-state index contributed by atoms with van der Waals surface area (Å²) in [6.45, 7) is 6.23. The number of piperidine rings is 1. The summed E-state index contributed by atoms with van der Waals surface area (Å²) in [6.07, 6.45) is 12.2. The largest absolute Gasteiger partial charge is 0.490 e. The standard InChI is InChI=1S/C30H41FN4O3/c1-20(2)28-33-30(38-34-28)35-16-14-21(15-17-35)19-37-27-13-12-24(18-26(27)31)22-8-10-23(11-9-22)29(36)32-25-6-4-3-5-7-25/h8,12-13,18,20-21,23,25H,3-7,9-11,14-17,19H2,1-2H3,(H,32,36). The second-order valence-electron chi connectivity index (χ2n) is 11.5. The number of rotatable bonds is 8. The van der Waals surface area contributed by atoms with Gasteiger partial charge in [-0.15, -0.1) is 0 Å². The van der Waals surface area contributed by atoms with Crippen molar-refractivity contribution in [2.24, 2.45) is 11.8 Å². The second-order valence-corrected chi connectivity index (χ2v) is 11.5. The van der Waals surface area contributed by atoms with Crippen molar-refractivity contribution < 1.29 is 18.4 Å². The van der Waals surface area contributed by atoms with Gasteiger partial charge in [0.05, 0.1) is 6.61 Å². The quantitative estimate of drug-likeness (QED) is 0.439. The minimum Gasteiger partial charge on any atom is -0.490 e. The summed E-state index contributed by atoms with van der Waals surface area (Å²) in [5.41, 5.74) is 2.00. The van der Waals surface area contributed by atoms with E-state index < -0.39 is 0 Å². The van der Waals surface area contributed by atoms with Gasteiger partial charge in [-0.3, -0.25) is 4.79 Å². The van der Waals surface area contributed by atoms with E-state index in [1.54, 1.807) is 12.1 Å². The van der Waals surface area contributed by atoms with Crippen LogP contribution in [0, 0.1) is 17.7 Å². The highest BCUT2D eigenvalue weighted by molar-refractivity contribution is 5.81. The van der Waals surface area contributed by atoms with Crippen molar-refractivity contribution in [1.29, 1.82) is 0 Å². The van der Waals surface area contributed by atoms with Crippen molar-refractivity contribution in [3.8, 4) is 5.75 Å². The molecular formula is C30H41FN4O3. The SMILES string of the molecule is CC(C)c1noc(N2CCC(COc3ccc(C4=CCC(C(=O)NC5CCCCC5)CC4)cc3F)CC2)n1. The molecule has 2 aromatic rings. The lowest BCUT2D eigenvalue weighted by atomic mass is 9.85. The van der Waals surface area contributed by atoms with E-state index in [4.69, 9.17) is 9.26 Å². The van der Waals surface area contributed by atoms with Crippen molar-refractivity contribution in [1.82, 2.24) is 15.5 Å². The third-order valence-corrected chi connectivity index (χ3v) is 8.34. The average molecular weight is 525 g/mol. The van der Waals surface area contributed by atoms with Gasteiger partial charge in [-0.1, -0.05) is 50.4 Å². The zero-order valence-corrected chi connectivity index (χ0v) is 22.8. The fourth-order valence-electron chi connectivity index (χ4n) is 5.81. The minimum atomic E-state index is -0.329. The molecule has 0 spiro atoms. The molecule has 7 nitrogen and oxygen atoms in total. The summed E-state index contributed by atoms with van der Waals surface area (Å²) in [6, 6.07) is 6.20. The number of halogens is 1. The number of anilines is 1. The van der Waals surface area contributed by atoms with Gasteiger partial charge >= 0.3 is 6.01 Å². The number of nitrogens with one attached hydrogen (secondary N) is 1. The molecule has 38 heavy (non-hydrogen) atoms. The third-order valence-electron chi connectivity index (χ3n) is 8.34. The Bertz CT molecular complexity index is 1120. The predicted octanol–water partition coefficient (Wildman–Crippen LogP) is 6.26. The molecule has 1 saturated carbocycles. The van der Waals surface area contributed by atoms with Crippen LogP contribution in [-0.2, 0) is 4.79 Å². The molecule has 1 unspecified atom stereocenters. The van der Waals surface area contributed by atoms with Gasteiger partial charge in [-0.05, 0) is 74.1 Å². The molecule has 8 heteroatoms. The molecule has 1 aliphatic heterocycles. The summed E-state index contributed by atoms with van der Waals surface area (Å²) in [5, 5.41) is 7.31. The number of allylic oxidation sites excluding steroid dienone is 2. The number of hydrogen-bond acceptors (Lipinski definition) is 6. The fourth-order valence-corrected chi connectivity index (χ4v) is 5.81. The Morgan fingerprint density at radius 2 is 1.95 bits per heavy atom. The number of carbonyl (C=O) groups excluding carboxylic acids is 1. The van der Waals surface area contributed by atoms with Crippen molar-refractivity contribution in [3.63, 3.8) is 0 Å². The zero-order valence-electron chi connectivity index (χ0n) is 22.8. The van der Waals surface area contributed by atoms with E-state index in [0.29, 0.717) is 30.3 Å². The van der Waals surface area contributed by atoms with Gasteiger partial charge in [-0.2, -0.15) is 4.98 Å². The summed E-state index contributed by atoms with van der Waals surface area (Å²) >= 11 is 0. The highest BCUT2D eigenvalue weighted by Gasteiger charge is 2.26. The molecule has 5 rings (SSSR count). The average Bonchev–Trinajstić information content (AvgIpc) is 3.44. The number of amides is 1. The number of nitrogens with zero attached hydrogens (tertiary/aromatic N) is 3. The normalized spacial score (nSPS) is 21.4. The Labute approximate surface area is 225 Å². The summed E-state index contributed by atoms with van der Waals surface area (Å²) in [5.74, 6) is 1.51. The highest BCUT2D eigenvalue weighted by atomic mass is 19.1. The van der Waals surface area contributed by atoms with Crippen LogP contribution in [0.4, 0.5) is 10.4 Å². The topological polar surface area (TPSA) is 80.5 Å². The van der Waals surface area contributed by atoms with Gasteiger partial charge in [0, 0.05) is 31.0 Å². The molecule has 206 valence electrons. The highest BCUT2D eigenvalue weighted by Crippen LogP contribution is 2.33. The lowest BCUT2D eigenvalue weighted by Gasteiger charge is -2.30. The zero-order chi connectivity index (χ0) is 26.5. The molecule has 0 radical (unpaired) electrons. The van der Waals surface area contributed by atoms with Crippen molar-refractivity contribution in [2.45, 2.75) is 90.0 Å². The maximum Gasteiger partial charge on any atom is 0.324 e. The van der Waals surface area contributed by atoms with E-state index in [0.717, 1.165) is 75.0 Å². The van der Waals surface area contributed by atoms with Crippen LogP contribution in [0.1, 0.15) is 95.4 Å². The Balaban J connectivity index is 1.08. The van der Waals surface area contributed by atoms with Crippen LogP contribution >= 0.6 is 0 Å².